The Balaban J connectivity index is 4.13. The van der Waals surface area contributed by atoms with Gasteiger partial charge in [0.25, 0.3) is 0 Å². The summed E-state index contributed by atoms with van der Waals surface area (Å²) in [5.74, 6) is -1.25. The van der Waals surface area contributed by atoms with E-state index in [1.165, 1.54) is 135 Å². The van der Waals surface area contributed by atoms with E-state index in [-0.39, 0.29) is 24.5 Å². The minimum absolute atomic E-state index is 0.00383. The van der Waals surface area contributed by atoms with Crippen LogP contribution in [-0.4, -0.2) is 35.6 Å². The van der Waals surface area contributed by atoms with Gasteiger partial charge in [-0.1, -0.05) is 160 Å². The molecule has 0 aliphatic rings. The van der Waals surface area contributed by atoms with Gasteiger partial charge in [-0.2, -0.15) is 0 Å². The number of unbranched alkanes of at least 4 members (excludes halogenated alkanes) is 25. The summed E-state index contributed by atoms with van der Waals surface area (Å²) >= 11 is 0. The number of carbonyl (C=O) groups is 3. The summed E-state index contributed by atoms with van der Waals surface area (Å²) in [5, 5.41) is 11.1. The molecule has 0 saturated carbocycles. The molecule has 51 heavy (non-hydrogen) atoms. The number of rotatable bonds is 40. The summed E-state index contributed by atoms with van der Waals surface area (Å²) in [6, 6.07) is 0. The van der Waals surface area contributed by atoms with Crippen LogP contribution in [0.3, 0.4) is 0 Å². The maximum atomic E-state index is 12.7. The molecule has 1 unspecified atom stereocenters. The highest BCUT2D eigenvalue weighted by Gasteiger charge is 2.14. The summed E-state index contributed by atoms with van der Waals surface area (Å²) in [6.07, 6.45) is 48.8. The summed E-state index contributed by atoms with van der Waals surface area (Å²) in [5.41, 5.74) is 0. The van der Waals surface area contributed by atoms with Crippen LogP contribution in [0.2, 0.25) is 0 Å². The summed E-state index contributed by atoms with van der Waals surface area (Å²) in [7, 11) is 0. The van der Waals surface area contributed by atoms with Gasteiger partial charge in [-0.15, -0.1) is 0 Å². The molecule has 1 atom stereocenters. The Morgan fingerprint density at radius 1 is 0.490 bits per heavy atom. The number of carboxylic acids is 1. The quantitative estimate of drug-likeness (QED) is 0.0374. The van der Waals surface area contributed by atoms with Gasteiger partial charge in [0.15, 0.2) is 0 Å². The SMILES string of the molecule is CCCCCCCC/C=C\CCCC(CCCCCCCC(=O)NCC(=O)O)OC(=O)CCCCCCCCC/C=C\CCCCCCCCC. The van der Waals surface area contributed by atoms with Gasteiger partial charge < -0.3 is 15.2 Å². The molecule has 0 rings (SSSR count). The minimum Gasteiger partial charge on any atom is -0.480 e. The Bertz CT molecular complexity index is 838. The summed E-state index contributed by atoms with van der Waals surface area (Å²) in [4.78, 5) is 35.0. The number of carboxylic acid groups (broad SMARTS) is 1. The van der Waals surface area contributed by atoms with Crippen molar-refractivity contribution in [2.75, 3.05) is 6.54 Å². The number of nitrogens with one attached hydrogen (secondary N) is 1. The second kappa shape index (κ2) is 40.7. The number of ether oxygens (including phenoxy) is 1. The fraction of sp³-hybridized carbons (Fsp3) is 0.844. The van der Waals surface area contributed by atoms with Crippen LogP contribution in [0.15, 0.2) is 24.3 Å². The predicted octanol–water partition coefficient (Wildman–Crippen LogP) is 13.5. The molecule has 0 saturated heterocycles. The van der Waals surface area contributed by atoms with Gasteiger partial charge in [0.05, 0.1) is 0 Å². The van der Waals surface area contributed by atoms with Crippen molar-refractivity contribution in [2.45, 2.75) is 238 Å². The third-order valence-corrected chi connectivity index (χ3v) is 9.85. The Labute approximate surface area is 315 Å². The molecule has 0 spiro atoms. The maximum absolute atomic E-state index is 12.7. The van der Waals surface area contributed by atoms with Gasteiger partial charge in [0.2, 0.25) is 5.91 Å². The van der Waals surface area contributed by atoms with E-state index < -0.39 is 5.97 Å². The van der Waals surface area contributed by atoms with Crippen molar-refractivity contribution in [1.29, 1.82) is 0 Å². The molecule has 0 aromatic rings. The van der Waals surface area contributed by atoms with Crippen molar-refractivity contribution in [1.82, 2.24) is 5.32 Å². The monoisotopic (exact) mass is 718 g/mol. The first-order valence-electron chi connectivity index (χ1n) is 22.0. The molecular weight excluding hydrogens is 634 g/mol. The Morgan fingerprint density at radius 2 is 0.863 bits per heavy atom. The van der Waals surface area contributed by atoms with E-state index in [1.807, 2.05) is 0 Å². The van der Waals surface area contributed by atoms with Gasteiger partial charge in [-0.05, 0) is 83.5 Å². The van der Waals surface area contributed by atoms with Crippen LogP contribution in [0.4, 0.5) is 0 Å². The van der Waals surface area contributed by atoms with Crippen molar-refractivity contribution in [2.24, 2.45) is 0 Å². The minimum atomic E-state index is -1.02. The van der Waals surface area contributed by atoms with Crippen LogP contribution < -0.4 is 5.32 Å². The number of amides is 1. The zero-order chi connectivity index (χ0) is 37.3. The molecular formula is C45H83NO5. The maximum Gasteiger partial charge on any atom is 0.322 e. The lowest BCUT2D eigenvalue weighted by Gasteiger charge is -2.18. The molecule has 0 radical (unpaired) electrons. The van der Waals surface area contributed by atoms with E-state index in [9.17, 15) is 14.4 Å². The van der Waals surface area contributed by atoms with E-state index in [2.05, 4.69) is 43.5 Å². The van der Waals surface area contributed by atoms with E-state index in [0.717, 1.165) is 70.6 Å². The summed E-state index contributed by atoms with van der Waals surface area (Å²) in [6.45, 7) is 4.22. The van der Waals surface area contributed by atoms with Gasteiger partial charge in [0.1, 0.15) is 12.6 Å². The number of aliphatic carboxylic acids is 1. The molecule has 0 aliphatic heterocycles. The molecule has 0 aromatic heterocycles. The molecule has 6 heteroatoms. The first kappa shape index (κ1) is 48.9. The smallest absolute Gasteiger partial charge is 0.322 e. The van der Waals surface area contributed by atoms with Gasteiger partial charge in [-0.3, -0.25) is 14.4 Å². The Hall–Kier alpha value is -2.11. The van der Waals surface area contributed by atoms with Gasteiger partial charge >= 0.3 is 11.9 Å². The molecule has 6 nitrogen and oxygen atoms in total. The molecule has 2 N–H and O–H groups in total. The topological polar surface area (TPSA) is 92.7 Å². The number of hydrogen-bond acceptors (Lipinski definition) is 4. The van der Waals surface area contributed by atoms with Crippen LogP contribution in [-0.2, 0) is 19.1 Å². The first-order chi connectivity index (χ1) is 25.0. The molecule has 298 valence electrons. The van der Waals surface area contributed by atoms with Crippen LogP contribution in [0, 0.1) is 0 Å². The average Bonchev–Trinajstić information content (AvgIpc) is 3.11. The standard InChI is InChI=1S/C45H83NO5/c1-3-5-7-9-11-13-15-16-17-18-19-20-21-23-25-27-32-36-40-45(50)51-42(37-33-29-26-24-22-14-12-10-8-6-4-2)38-34-30-28-31-35-39-43(47)46-41-44(48)49/h17-18,24,26,42H,3-16,19-23,25,27-41H2,1-2H3,(H,46,47)(H,48,49)/b18-17-,26-24-. The molecule has 0 bridgehead atoms. The van der Waals surface area contributed by atoms with Gasteiger partial charge in [0, 0.05) is 12.8 Å². The fourth-order valence-corrected chi connectivity index (χ4v) is 6.57. The highest BCUT2D eigenvalue weighted by atomic mass is 16.5. The number of allylic oxidation sites excluding steroid dienone is 4. The van der Waals surface area contributed by atoms with Crippen LogP contribution in [0.1, 0.15) is 232 Å². The van der Waals surface area contributed by atoms with E-state index in [0.29, 0.717) is 12.8 Å². The molecule has 1 amide bonds. The highest BCUT2D eigenvalue weighted by molar-refractivity contribution is 5.80. The lowest BCUT2D eigenvalue weighted by Crippen LogP contribution is -2.28. The second-order valence-electron chi connectivity index (χ2n) is 14.9. The van der Waals surface area contributed by atoms with E-state index in [1.54, 1.807) is 0 Å². The van der Waals surface area contributed by atoms with Crippen LogP contribution in [0.5, 0.6) is 0 Å². The third-order valence-electron chi connectivity index (χ3n) is 9.85. The van der Waals surface area contributed by atoms with Crippen molar-refractivity contribution in [3.63, 3.8) is 0 Å². The largest absolute Gasteiger partial charge is 0.480 e. The number of carbonyl (C=O) groups excluding carboxylic acids is 2. The highest BCUT2D eigenvalue weighted by Crippen LogP contribution is 2.18. The van der Waals surface area contributed by atoms with Gasteiger partial charge in [-0.25, -0.2) is 0 Å². The van der Waals surface area contributed by atoms with Crippen molar-refractivity contribution < 1.29 is 24.2 Å². The lowest BCUT2D eigenvalue weighted by atomic mass is 10.0. The van der Waals surface area contributed by atoms with Crippen molar-refractivity contribution in [3.05, 3.63) is 24.3 Å². The van der Waals surface area contributed by atoms with E-state index in [4.69, 9.17) is 9.84 Å². The third kappa shape index (κ3) is 40.5. The van der Waals surface area contributed by atoms with Crippen molar-refractivity contribution >= 4 is 17.8 Å². The molecule has 0 fully saturated rings. The fourth-order valence-electron chi connectivity index (χ4n) is 6.57. The predicted molar refractivity (Wildman–Crippen MR) is 217 cm³/mol. The number of hydrogen-bond donors (Lipinski definition) is 2. The number of esters is 1. The van der Waals surface area contributed by atoms with E-state index >= 15 is 0 Å². The normalized spacial score (nSPS) is 12.2. The second-order valence-corrected chi connectivity index (χ2v) is 14.9. The van der Waals surface area contributed by atoms with Crippen molar-refractivity contribution in [3.8, 4) is 0 Å². The first-order valence-corrected chi connectivity index (χ1v) is 22.0. The average molecular weight is 718 g/mol. The Kier molecular flexibility index (Phi) is 39.0. The molecule has 0 heterocycles. The lowest BCUT2D eigenvalue weighted by molar-refractivity contribution is -0.150. The zero-order valence-corrected chi connectivity index (χ0v) is 33.7. The van der Waals surface area contributed by atoms with Crippen LogP contribution >= 0.6 is 0 Å². The molecule has 0 aromatic carbocycles. The summed E-state index contributed by atoms with van der Waals surface area (Å²) < 4.78 is 6.01. The molecule has 0 aliphatic carbocycles. The Morgan fingerprint density at radius 3 is 1.33 bits per heavy atom. The van der Waals surface area contributed by atoms with Crippen LogP contribution in [0.25, 0.3) is 0 Å². The zero-order valence-electron chi connectivity index (χ0n) is 33.7.